The van der Waals surface area contributed by atoms with Crippen molar-refractivity contribution in [3.63, 3.8) is 0 Å². The number of imidazole rings is 1. The van der Waals surface area contributed by atoms with E-state index in [1.807, 2.05) is 30.3 Å². The number of nitrogens with one attached hydrogen (secondary N) is 1. The van der Waals surface area contributed by atoms with Crippen molar-refractivity contribution in [3.05, 3.63) is 64.2 Å². The van der Waals surface area contributed by atoms with E-state index in [1.165, 1.54) is 0 Å². The molecule has 30 heavy (non-hydrogen) atoms. The number of benzene rings is 2. The van der Waals surface area contributed by atoms with Gasteiger partial charge in [-0.2, -0.15) is 5.26 Å². The summed E-state index contributed by atoms with van der Waals surface area (Å²) in [4.78, 5) is 29.4. The minimum atomic E-state index is -0.281. The first-order valence-electron chi connectivity index (χ1n) is 9.44. The largest absolute Gasteiger partial charge is 0.333 e. The van der Waals surface area contributed by atoms with Gasteiger partial charge in [0.15, 0.2) is 0 Å². The molecule has 2 aromatic carbocycles. The highest BCUT2D eigenvalue weighted by molar-refractivity contribution is 6.35. The van der Waals surface area contributed by atoms with E-state index in [4.69, 9.17) is 16.9 Å². The highest BCUT2D eigenvalue weighted by atomic mass is 35.5. The summed E-state index contributed by atoms with van der Waals surface area (Å²) in [6, 6.07) is 15.0. The fraction of sp³-hybridized carbons (Fsp3) is 0.182. The number of fused-ring (bicyclic) bond motifs is 2. The molecular weight excluding hydrogens is 402 g/mol. The second-order valence-corrected chi connectivity index (χ2v) is 7.86. The van der Waals surface area contributed by atoms with Gasteiger partial charge in [0.1, 0.15) is 5.82 Å². The number of nitrogens with zero attached hydrogens (tertiary/aromatic N) is 4. The molecule has 2 atom stereocenters. The Morgan fingerprint density at radius 2 is 2.03 bits per heavy atom. The lowest BCUT2D eigenvalue weighted by atomic mass is 10.1. The van der Waals surface area contributed by atoms with Crippen LogP contribution < -0.4 is 11.0 Å². The highest BCUT2D eigenvalue weighted by Gasteiger charge is 2.43. The van der Waals surface area contributed by atoms with Gasteiger partial charge in [0.25, 0.3) is 0 Å². The Morgan fingerprint density at radius 3 is 2.77 bits per heavy atom. The van der Waals surface area contributed by atoms with Crippen LogP contribution in [0.15, 0.2) is 53.5 Å². The third-order valence-corrected chi connectivity index (χ3v) is 5.85. The lowest BCUT2D eigenvalue weighted by molar-refractivity contribution is -0.117. The molecule has 2 aromatic heterocycles. The van der Waals surface area contributed by atoms with Crippen LogP contribution in [0.3, 0.4) is 0 Å². The highest BCUT2D eigenvalue weighted by Crippen LogP contribution is 2.38. The van der Waals surface area contributed by atoms with Crippen molar-refractivity contribution < 1.29 is 4.79 Å². The van der Waals surface area contributed by atoms with E-state index in [-0.39, 0.29) is 23.4 Å². The van der Waals surface area contributed by atoms with E-state index in [0.717, 1.165) is 16.4 Å². The van der Waals surface area contributed by atoms with Crippen LogP contribution in [0, 0.1) is 23.2 Å². The first-order valence-corrected chi connectivity index (χ1v) is 9.82. The number of nitriles is 1. The van der Waals surface area contributed by atoms with Crippen LogP contribution in [0.25, 0.3) is 27.5 Å². The van der Waals surface area contributed by atoms with E-state index in [0.29, 0.717) is 28.3 Å². The molecule has 2 heterocycles. The average molecular weight is 418 g/mol. The van der Waals surface area contributed by atoms with Gasteiger partial charge in [0, 0.05) is 18.6 Å². The summed E-state index contributed by atoms with van der Waals surface area (Å²) >= 11 is 6.49. The number of aryl methyl sites for hydroxylation is 1. The summed E-state index contributed by atoms with van der Waals surface area (Å²) in [6.07, 6.45) is 2.17. The molecule has 1 aliphatic rings. The lowest BCUT2D eigenvalue weighted by Gasteiger charge is -2.09. The maximum Gasteiger partial charge on any atom is 0.333 e. The molecule has 7 nitrogen and oxygen atoms in total. The van der Waals surface area contributed by atoms with Crippen molar-refractivity contribution in [2.45, 2.75) is 6.42 Å². The third kappa shape index (κ3) is 2.85. The number of pyridine rings is 1. The van der Waals surface area contributed by atoms with E-state index < -0.39 is 0 Å². The number of anilines is 1. The fourth-order valence-corrected chi connectivity index (χ4v) is 4.05. The Balaban J connectivity index is 1.60. The zero-order valence-electron chi connectivity index (χ0n) is 16.0. The topological polar surface area (TPSA) is 92.7 Å². The number of hydrogen-bond acceptors (Lipinski definition) is 4. The molecule has 1 fully saturated rings. The van der Waals surface area contributed by atoms with E-state index in [2.05, 4.69) is 16.4 Å². The number of halogens is 1. The van der Waals surface area contributed by atoms with Gasteiger partial charge in [-0.15, -0.1) is 0 Å². The molecule has 1 saturated carbocycles. The number of carbonyl (C=O) groups excluding carboxylic acids is 1. The Bertz CT molecular complexity index is 1450. The molecule has 8 heteroatoms. The zero-order chi connectivity index (χ0) is 21.0. The molecule has 5 rings (SSSR count). The van der Waals surface area contributed by atoms with Crippen molar-refractivity contribution >= 4 is 45.1 Å². The normalized spacial score (nSPS) is 17.8. The van der Waals surface area contributed by atoms with Crippen molar-refractivity contribution in [1.82, 2.24) is 14.1 Å². The van der Waals surface area contributed by atoms with Crippen LogP contribution in [0.4, 0.5) is 5.82 Å². The molecule has 0 saturated heterocycles. The standard InChI is InChI=1S/C22H16ClN5O2/c1-27-18-4-2-3-5-19(18)28(22(27)30)14-6-12-8-20(25-11-16(12)17(23)9-14)26-21(29)15-7-13(15)10-24/h2-6,8-9,11,13,15H,7H2,1H3,(H,25,26,29). The predicted molar refractivity (Wildman–Crippen MR) is 115 cm³/mol. The lowest BCUT2D eigenvalue weighted by Crippen LogP contribution is -2.20. The monoisotopic (exact) mass is 417 g/mol. The first-order chi connectivity index (χ1) is 14.5. The molecule has 1 amide bonds. The molecule has 2 unspecified atom stereocenters. The average Bonchev–Trinajstić information content (AvgIpc) is 3.49. The van der Waals surface area contributed by atoms with Gasteiger partial charge in [-0.3, -0.25) is 13.9 Å². The summed E-state index contributed by atoms with van der Waals surface area (Å²) in [7, 11) is 1.73. The van der Waals surface area contributed by atoms with E-state index in [9.17, 15) is 9.59 Å². The SMILES string of the molecule is Cn1c(=O)n(-c2cc(Cl)c3cnc(NC(=O)C4CC4C#N)cc3c2)c2ccccc21. The predicted octanol–water partition coefficient (Wildman–Crippen LogP) is 3.63. The summed E-state index contributed by atoms with van der Waals surface area (Å²) in [5.74, 6) is -0.322. The summed E-state index contributed by atoms with van der Waals surface area (Å²) in [5, 5.41) is 13.6. The van der Waals surface area contributed by atoms with Crippen LogP contribution in [0.2, 0.25) is 5.02 Å². The number of rotatable bonds is 3. The molecule has 1 aliphatic carbocycles. The Kier molecular flexibility index (Phi) is 4.12. The Labute approximate surface area is 176 Å². The van der Waals surface area contributed by atoms with Gasteiger partial charge in [0.05, 0.1) is 39.6 Å². The number of amides is 1. The molecule has 0 bridgehead atoms. The molecule has 0 aliphatic heterocycles. The van der Waals surface area contributed by atoms with Crippen molar-refractivity contribution in [1.29, 1.82) is 5.26 Å². The maximum atomic E-state index is 12.9. The van der Waals surface area contributed by atoms with Crippen LogP contribution in [-0.2, 0) is 11.8 Å². The van der Waals surface area contributed by atoms with Gasteiger partial charge >= 0.3 is 5.69 Å². The molecule has 148 valence electrons. The van der Waals surface area contributed by atoms with Crippen molar-refractivity contribution in [2.75, 3.05) is 5.32 Å². The van der Waals surface area contributed by atoms with Crippen LogP contribution in [0.5, 0.6) is 0 Å². The number of para-hydroxylation sites is 2. The van der Waals surface area contributed by atoms with E-state index >= 15 is 0 Å². The zero-order valence-corrected chi connectivity index (χ0v) is 16.7. The van der Waals surface area contributed by atoms with Gasteiger partial charge in [-0.05, 0) is 42.1 Å². The fourth-order valence-electron chi connectivity index (χ4n) is 3.78. The third-order valence-electron chi connectivity index (χ3n) is 5.54. The second-order valence-electron chi connectivity index (χ2n) is 7.45. The quantitative estimate of drug-likeness (QED) is 0.550. The van der Waals surface area contributed by atoms with E-state index in [1.54, 1.807) is 34.5 Å². The molecule has 0 radical (unpaired) electrons. The minimum absolute atomic E-state index is 0.175. The van der Waals surface area contributed by atoms with Crippen LogP contribution in [0.1, 0.15) is 6.42 Å². The summed E-state index contributed by atoms with van der Waals surface area (Å²) in [6.45, 7) is 0. The molecule has 1 N–H and O–H groups in total. The number of hydrogen-bond donors (Lipinski definition) is 1. The minimum Gasteiger partial charge on any atom is -0.310 e. The second kappa shape index (κ2) is 6.71. The van der Waals surface area contributed by atoms with Gasteiger partial charge in [-0.25, -0.2) is 9.78 Å². The molecule has 4 aromatic rings. The summed E-state index contributed by atoms with van der Waals surface area (Å²) in [5.41, 5.74) is 2.05. The van der Waals surface area contributed by atoms with Crippen LogP contribution in [-0.4, -0.2) is 20.0 Å². The summed E-state index contributed by atoms with van der Waals surface area (Å²) < 4.78 is 3.20. The smallest absolute Gasteiger partial charge is 0.310 e. The Hall–Kier alpha value is -3.63. The van der Waals surface area contributed by atoms with Gasteiger partial charge < -0.3 is 5.32 Å². The van der Waals surface area contributed by atoms with Crippen molar-refractivity contribution in [2.24, 2.45) is 18.9 Å². The molecular formula is C22H16ClN5O2. The first kappa shape index (κ1) is 18.4. The Morgan fingerprint density at radius 1 is 1.27 bits per heavy atom. The van der Waals surface area contributed by atoms with Gasteiger partial charge in [0.2, 0.25) is 5.91 Å². The van der Waals surface area contributed by atoms with Gasteiger partial charge in [-0.1, -0.05) is 23.7 Å². The number of carbonyl (C=O) groups is 1. The number of aromatic nitrogens is 3. The van der Waals surface area contributed by atoms with Crippen LogP contribution >= 0.6 is 11.6 Å². The molecule has 0 spiro atoms. The maximum absolute atomic E-state index is 12.9. The van der Waals surface area contributed by atoms with Crippen molar-refractivity contribution in [3.8, 4) is 11.8 Å².